The Bertz CT molecular complexity index is 2870. The van der Waals surface area contributed by atoms with Crippen molar-refractivity contribution in [3.8, 4) is 56.2 Å². The molecule has 4 heterocycles. The zero-order valence-corrected chi connectivity index (χ0v) is 27.6. The van der Waals surface area contributed by atoms with E-state index in [1.165, 1.54) is 20.2 Å². The molecular weight excluding hydrogens is 631 g/mol. The van der Waals surface area contributed by atoms with Crippen LogP contribution in [0.1, 0.15) is 0 Å². The second-order valence-electron chi connectivity index (χ2n) is 12.4. The number of hydrogen-bond acceptors (Lipinski definition) is 5. The van der Waals surface area contributed by atoms with Gasteiger partial charge in [0.25, 0.3) is 0 Å². The number of para-hydroxylation sites is 1. The first-order valence-electron chi connectivity index (χ1n) is 16.6. The zero-order chi connectivity index (χ0) is 33.0. The summed E-state index contributed by atoms with van der Waals surface area (Å²) in [6.45, 7) is 0. The van der Waals surface area contributed by atoms with Crippen molar-refractivity contribution in [1.82, 2.24) is 15.0 Å². The van der Waals surface area contributed by atoms with E-state index in [-0.39, 0.29) is 0 Å². The Labute approximate surface area is 292 Å². The van der Waals surface area contributed by atoms with Gasteiger partial charge in [-0.1, -0.05) is 109 Å². The number of furan rings is 1. The van der Waals surface area contributed by atoms with E-state index in [0.29, 0.717) is 5.82 Å². The van der Waals surface area contributed by atoms with Gasteiger partial charge in [-0.05, 0) is 59.2 Å². The molecule has 0 fully saturated rings. The minimum atomic E-state index is 0.649. The molecule has 0 saturated carbocycles. The summed E-state index contributed by atoms with van der Waals surface area (Å²) in [5, 5.41) is 4.75. The molecular formula is C45H27N3OS. The largest absolute Gasteiger partial charge is 0.455 e. The van der Waals surface area contributed by atoms with Crippen LogP contribution in [0.3, 0.4) is 0 Å². The van der Waals surface area contributed by atoms with Crippen molar-refractivity contribution in [3.63, 3.8) is 0 Å². The third-order valence-corrected chi connectivity index (χ3v) is 10.5. The van der Waals surface area contributed by atoms with E-state index >= 15 is 0 Å². The number of fused-ring (bicyclic) bond motifs is 6. The Balaban J connectivity index is 1.19. The average molecular weight is 658 g/mol. The van der Waals surface area contributed by atoms with Crippen LogP contribution in [-0.2, 0) is 0 Å². The van der Waals surface area contributed by atoms with Gasteiger partial charge in [-0.15, -0.1) is 11.3 Å². The van der Waals surface area contributed by atoms with E-state index in [1.54, 1.807) is 6.20 Å². The van der Waals surface area contributed by atoms with Gasteiger partial charge in [0, 0.05) is 65.6 Å². The Morgan fingerprint density at radius 3 is 2.10 bits per heavy atom. The number of thiophene rings is 1. The van der Waals surface area contributed by atoms with Gasteiger partial charge in [0.05, 0.1) is 11.4 Å². The number of rotatable bonds is 5. The summed E-state index contributed by atoms with van der Waals surface area (Å²) in [6.07, 6.45) is 3.67. The van der Waals surface area contributed by atoms with Crippen molar-refractivity contribution in [2.75, 3.05) is 0 Å². The topological polar surface area (TPSA) is 51.8 Å². The predicted octanol–water partition coefficient (Wildman–Crippen LogP) is 12.5. The molecule has 0 saturated heterocycles. The van der Waals surface area contributed by atoms with E-state index in [1.807, 2.05) is 53.9 Å². The van der Waals surface area contributed by atoms with Crippen LogP contribution in [0.2, 0.25) is 0 Å². The molecule has 50 heavy (non-hydrogen) atoms. The van der Waals surface area contributed by atoms with Gasteiger partial charge in [-0.2, -0.15) is 0 Å². The number of aromatic nitrogens is 3. The SMILES string of the molecule is c1ccc(-c2cc(-c3ccc(-c4ccc5c(c4)sc4ccccc45)c4c3oc3ccccc34)nc(-c3cccc(-c4cccnc4)c3)n2)cc1. The average Bonchev–Trinajstić information content (AvgIpc) is 3.77. The Kier molecular flexibility index (Phi) is 6.64. The van der Waals surface area contributed by atoms with Crippen molar-refractivity contribution in [2.24, 2.45) is 0 Å². The molecule has 0 unspecified atom stereocenters. The van der Waals surface area contributed by atoms with E-state index in [2.05, 4.69) is 120 Å². The number of pyridine rings is 1. The van der Waals surface area contributed by atoms with Crippen LogP contribution in [0, 0.1) is 0 Å². The Morgan fingerprint density at radius 2 is 1.20 bits per heavy atom. The number of benzene rings is 6. The first kappa shape index (κ1) is 28.6. The van der Waals surface area contributed by atoms with E-state index in [9.17, 15) is 0 Å². The lowest BCUT2D eigenvalue weighted by Gasteiger charge is -2.12. The standard InChI is InChI=1S/C45H27N3OS/c1-2-10-28(11-3-1)38-26-39(48-45(47-38)31-13-8-12-29(24-31)32-14-9-23-46-27-32)36-22-21-33(43-37-16-4-6-17-40(37)49-44(36)43)30-19-20-35-34-15-5-7-18-41(34)50-42(35)25-30/h1-27H. The van der Waals surface area contributed by atoms with Crippen molar-refractivity contribution in [3.05, 3.63) is 164 Å². The van der Waals surface area contributed by atoms with Crippen LogP contribution < -0.4 is 0 Å². The fourth-order valence-electron chi connectivity index (χ4n) is 7.01. The Hall–Kier alpha value is -6.43. The smallest absolute Gasteiger partial charge is 0.160 e. The zero-order valence-electron chi connectivity index (χ0n) is 26.7. The van der Waals surface area contributed by atoms with Gasteiger partial charge in [-0.3, -0.25) is 4.98 Å². The minimum Gasteiger partial charge on any atom is -0.455 e. The number of nitrogens with zero attached hydrogens (tertiary/aromatic N) is 3. The van der Waals surface area contributed by atoms with Gasteiger partial charge in [0.15, 0.2) is 5.82 Å². The molecule has 5 heteroatoms. The van der Waals surface area contributed by atoms with Gasteiger partial charge in [-0.25, -0.2) is 9.97 Å². The summed E-state index contributed by atoms with van der Waals surface area (Å²) >= 11 is 1.84. The maximum Gasteiger partial charge on any atom is 0.160 e. The van der Waals surface area contributed by atoms with Crippen molar-refractivity contribution in [2.45, 2.75) is 0 Å². The van der Waals surface area contributed by atoms with Crippen LogP contribution in [0.4, 0.5) is 0 Å². The molecule has 0 aliphatic carbocycles. The summed E-state index contributed by atoms with van der Waals surface area (Å²) in [4.78, 5) is 14.7. The van der Waals surface area contributed by atoms with Crippen LogP contribution in [0.25, 0.3) is 98.3 Å². The van der Waals surface area contributed by atoms with Gasteiger partial charge in [0.2, 0.25) is 0 Å². The predicted molar refractivity (Wildman–Crippen MR) is 207 cm³/mol. The summed E-state index contributed by atoms with van der Waals surface area (Å²) < 4.78 is 9.31. The molecule has 0 radical (unpaired) electrons. The molecule has 0 atom stereocenters. The lowest BCUT2D eigenvalue weighted by atomic mass is 9.95. The van der Waals surface area contributed by atoms with Crippen LogP contribution in [0.15, 0.2) is 168 Å². The third kappa shape index (κ3) is 4.79. The molecule has 4 nitrogen and oxygen atoms in total. The highest BCUT2D eigenvalue weighted by Crippen LogP contribution is 2.44. The first-order chi connectivity index (χ1) is 24.8. The lowest BCUT2D eigenvalue weighted by Crippen LogP contribution is -1.96. The molecule has 0 spiro atoms. The minimum absolute atomic E-state index is 0.649. The normalized spacial score (nSPS) is 11.6. The quantitative estimate of drug-likeness (QED) is 0.185. The van der Waals surface area contributed by atoms with Crippen LogP contribution in [-0.4, -0.2) is 15.0 Å². The molecule has 6 aromatic carbocycles. The molecule has 0 aliphatic heterocycles. The van der Waals surface area contributed by atoms with Crippen molar-refractivity contribution >= 4 is 53.4 Å². The van der Waals surface area contributed by atoms with E-state index in [4.69, 9.17) is 14.4 Å². The summed E-state index contributed by atoms with van der Waals surface area (Å²) in [5.74, 6) is 0.649. The van der Waals surface area contributed by atoms with Crippen LogP contribution in [0.5, 0.6) is 0 Å². The molecule has 234 valence electrons. The third-order valence-electron chi connectivity index (χ3n) is 9.40. The maximum absolute atomic E-state index is 6.74. The monoisotopic (exact) mass is 657 g/mol. The molecule has 0 aliphatic rings. The van der Waals surface area contributed by atoms with Crippen molar-refractivity contribution in [1.29, 1.82) is 0 Å². The second kappa shape index (κ2) is 11.6. The second-order valence-corrected chi connectivity index (χ2v) is 13.5. The first-order valence-corrected chi connectivity index (χ1v) is 17.4. The van der Waals surface area contributed by atoms with E-state index < -0.39 is 0 Å². The summed E-state index contributed by atoms with van der Waals surface area (Å²) in [7, 11) is 0. The molecule has 0 amide bonds. The summed E-state index contributed by atoms with van der Waals surface area (Å²) in [6, 6.07) is 52.9. The fraction of sp³-hybridized carbons (Fsp3) is 0. The molecule has 10 rings (SSSR count). The highest BCUT2D eigenvalue weighted by atomic mass is 32.1. The van der Waals surface area contributed by atoms with E-state index in [0.717, 1.165) is 72.3 Å². The molecule has 0 bridgehead atoms. The summed E-state index contributed by atoms with van der Waals surface area (Å²) in [5.41, 5.74) is 10.6. The van der Waals surface area contributed by atoms with Gasteiger partial charge < -0.3 is 4.42 Å². The maximum atomic E-state index is 6.74. The number of hydrogen-bond donors (Lipinski definition) is 0. The molecule has 4 aromatic heterocycles. The van der Waals surface area contributed by atoms with Crippen LogP contribution >= 0.6 is 11.3 Å². The molecule has 10 aromatic rings. The highest BCUT2D eigenvalue weighted by Gasteiger charge is 2.20. The lowest BCUT2D eigenvalue weighted by molar-refractivity contribution is 0.670. The Morgan fingerprint density at radius 1 is 0.460 bits per heavy atom. The highest BCUT2D eigenvalue weighted by molar-refractivity contribution is 7.25. The van der Waals surface area contributed by atoms with Gasteiger partial charge in [0.1, 0.15) is 11.2 Å². The van der Waals surface area contributed by atoms with Crippen molar-refractivity contribution < 1.29 is 4.42 Å². The van der Waals surface area contributed by atoms with Gasteiger partial charge >= 0.3 is 0 Å². The molecule has 0 N–H and O–H groups in total. The fourth-order valence-corrected chi connectivity index (χ4v) is 8.15.